The van der Waals surface area contributed by atoms with Crippen LogP contribution in [0.3, 0.4) is 0 Å². The lowest BCUT2D eigenvalue weighted by molar-refractivity contribution is -0.114. The van der Waals surface area contributed by atoms with Crippen molar-refractivity contribution in [3.63, 3.8) is 0 Å². The molecule has 2 aromatic rings. The number of hydrogen-bond donors (Lipinski definition) is 2. The highest BCUT2D eigenvalue weighted by molar-refractivity contribution is 5.93. The van der Waals surface area contributed by atoms with Gasteiger partial charge < -0.3 is 24.6 Å². The third-order valence-corrected chi connectivity index (χ3v) is 5.71. The molecule has 1 aliphatic rings. The number of carbonyl (C=O) groups is 2. The fraction of sp³-hybridized carbons (Fsp3) is 0.417. The molecular formula is C24H31N3O6. The molecule has 0 radical (unpaired) electrons. The fourth-order valence-electron chi connectivity index (χ4n) is 4.03. The number of nitrogens with zero attached hydrogens (tertiary/aromatic N) is 2. The Bertz CT molecular complexity index is 1000. The van der Waals surface area contributed by atoms with Gasteiger partial charge in [-0.3, -0.25) is 14.6 Å². The highest BCUT2D eigenvalue weighted by Gasteiger charge is 2.22. The van der Waals surface area contributed by atoms with E-state index < -0.39 is 5.97 Å². The summed E-state index contributed by atoms with van der Waals surface area (Å²) in [5.74, 6) is 0.649. The molecule has 0 aliphatic carbocycles. The van der Waals surface area contributed by atoms with Crippen molar-refractivity contribution in [1.82, 2.24) is 9.80 Å². The van der Waals surface area contributed by atoms with Crippen LogP contribution in [-0.4, -0.2) is 74.3 Å². The molecule has 0 unspecified atom stereocenters. The standard InChI is InChI=1S/C24H31N3O6/c1-16(28)25-20-13-17(24(29)30)5-6-18(20)14-26-9-11-27(12-10-26)15-19-7-8-21(31-2)23(33-4)22(19)32-3/h5-8,13H,9-12,14-15H2,1-4H3,(H,25,28)(H,29,30). The summed E-state index contributed by atoms with van der Waals surface area (Å²) in [4.78, 5) is 27.5. The van der Waals surface area contributed by atoms with Gasteiger partial charge in [0.1, 0.15) is 0 Å². The molecule has 0 atom stereocenters. The van der Waals surface area contributed by atoms with Crippen molar-refractivity contribution in [3.05, 3.63) is 47.0 Å². The lowest BCUT2D eigenvalue weighted by Gasteiger charge is -2.35. The monoisotopic (exact) mass is 457 g/mol. The summed E-state index contributed by atoms with van der Waals surface area (Å²) in [6.45, 7) is 6.18. The zero-order valence-corrected chi connectivity index (χ0v) is 19.5. The van der Waals surface area contributed by atoms with Crippen molar-refractivity contribution < 1.29 is 28.9 Å². The predicted molar refractivity (Wildman–Crippen MR) is 124 cm³/mol. The molecule has 1 fully saturated rings. The number of carbonyl (C=O) groups excluding carboxylic acids is 1. The van der Waals surface area contributed by atoms with Gasteiger partial charge in [0.25, 0.3) is 0 Å². The van der Waals surface area contributed by atoms with Gasteiger partial charge in [-0.15, -0.1) is 0 Å². The average molecular weight is 458 g/mol. The summed E-state index contributed by atoms with van der Waals surface area (Å²) in [7, 11) is 4.82. The van der Waals surface area contributed by atoms with Crippen LogP contribution < -0.4 is 19.5 Å². The van der Waals surface area contributed by atoms with Crippen LogP contribution in [0.15, 0.2) is 30.3 Å². The van der Waals surface area contributed by atoms with Crippen LogP contribution in [0.5, 0.6) is 17.2 Å². The summed E-state index contributed by atoms with van der Waals surface area (Å²) in [6.07, 6.45) is 0. The number of hydrogen-bond acceptors (Lipinski definition) is 7. The minimum Gasteiger partial charge on any atom is -0.493 e. The Hall–Kier alpha value is -3.30. The van der Waals surface area contributed by atoms with Crippen LogP contribution in [0.4, 0.5) is 5.69 Å². The Balaban J connectivity index is 1.65. The highest BCUT2D eigenvalue weighted by Crippen LogP contribution is 2.40. The number of methoxy groups -OCH3 is 3. The number of ether oxygens (including phenoxy) is 3. The molecule has 33 heavy (non-hydrogen) atoms. The van der Waals surface area contributed by atoms with E-state index in [2.05, 4.69) is 15.1 Å². The van der Waals surface area contributed by atoms with E-state index in [9.17, 15) is 14.7 Å². The topological polar surface area (TPSA) is 101 Å². The first-order chi connectivity index (χ1) is 15.9. The van der Waals surface area contributed by atoms with Crippen molar-refractivity contribution in [2.24, 2.45) is 0 Å². The van der Waals surface area contributed by atoms with Gasteiger partial charge in [0.15, 0.2) is 11.5 Å². The van der Waals surface area contributed by atoms with Gasteiger partial charge in [0.05, 0.1) is 26.9 Å². The van der Waals surface area contributed by atoms with E-state index in [-0.39, 0.29) is 11.5 Å². The molecule has 1 aliphatic heterocycles. The zero-order chi connectivity index (χ0) is 24.0. The number of anilines is 1. The maximum Gasteiger partial charge on any atom is 0.335 e. The van der Waals surface area contributed by atoms with Crippen LogP contribution in [0.1, 0.15) is 28.4 Å². The Morgan fingerprint density at radius 2 is 1.45 bits per heavy atom. The second-order valence-electron chi connectivity index (χ2n) is 7.90. The van der Waals surface area contributed by atoms with Crippen LogP contribution in [0, 0.1) is 0 Å². The van der Waals surface area contributed by atoms with Gasteiger partial charge in [-0.25, -0.2) is 4.79 Å². The first-order valence-electron chi connectivity index (χ1n) is 10.7. The van der Waals surface area contributed by atoms with Gasteiger partial charge in [-0.05, 0) is 23.8 Å². The van der Waals surface area contributed by atoms with Gasteiger partial charge in [-0.2, -0.15) is 0 Å². The molecule has 0 bridgehead atoms. The summed E-state index contributed by atoms with van der Waals surface area (Å²) in [5, 5.41) is 12.0. The van der Waals surface area contributed by atoms with Crippen LogP contribution >= 0.6 is 0 Å². The average Bonchev–Trinajstić information content (AvgIpc) is 2.80. The number of benzene rings is 2. The zero-order valence-electron chi connectivity index (χ0n) is 19.5. The number of aromatic carboxylic acids is 1. The molecule has 2 N–H and O–H groups in total. The molecule has 0 spiro atoms. The summed E-state index contributed by atoms with van der Waals surface area (Å²) in [5.41, 5.74) is 2.61. The largest absolute Gasteiger partial charge is 0.493 e. The molecule has 1 heterocycles. The number of nitrogens with one attached hydrogen (secondary N) is 1. The lowest BCUT2D eigenvalue weighted by atomic mass is 10.1. The first-order valence-corrected chi connectivity index (χ1v) is 10.7. The van der Waals surface area contributed by atoms with Crippen molar-refractivity contribution >= 4 is 17.6 Å². The van der Waals surface area contributed by atoms with E-state index in [1.54, 1.807) is 33.5 Å². The summed E-state index contributed by atoms with van der Waals surface area (Å²) in [6, 6.07) is 8.74. The van der Waals surface area contributed by atoms with E-state index in [0.29, 0.717) is 29.5 Å². The Labute approximate surface area is 193 Å². The van der Waals surface area contributed by atoms with Gasteiger partial charge in [0, 0.05) is 57.4 Å². The summed E-state index contributed by atoms with van der Waals surface area (Å²) < 4.78 is 16.5. The van der Waals surface area contributed by atoms with Crippen LogP contribution in [0.2, 0.25) is 0 Å². The molecular weight excluding hydrogens is 426 g/mol. The van der Waals surface area contributed by atoms with Gasteiger partial charge >= 0.3 is 5.97 Å². The van der Waals surface area contributed by atoms with E-state index in [4.69, 9.17) is 14.2 Å². The second-order valence-corrected chi connectivity index (χ2v) is 7.90. The SMILES string of the molecule is COc1ccc(CN2CCN(Cc3ccc(C(=O)O)cc3NC(C)=O)CC2)c(OC)c1OC. The molecule has 2 aromatic carbocycles. The molecule has 178 valence electrons. The minimum atomic E-state index is -1.02. The quantitative estimate of drug-likeness (QED) is 0.593. The molecule has 1 saturated heterocycles. The number of piperazine rings is 1. The van der Waals surface area contributed by atoms with E-state index in [1.807, 2.05) is 12.1 Å². The lowest BCUT2D eigenvalue weighted by Crippen LogP contribution is -2.45. The highest BCUT2D eigenvalue weighted by atomic mass is 16.5. The van der Waals surface area contributed by atoms with E-state index in [1.165, 1.54) is 13.0 Å². The van der Waals surface area contributed by atoms with Gasteiger partial charge in [0.2, 0.25) is 11.7 Å². The molecule has 1 amide bonds. The van der Waals surface area contributed by atoms with Crippen molar-refractivity contribution in [2.75, 3.05) is 52.8 Å². The summed E-state index contributed by atoms with van der Waals surface area (Å²) >= 11 is 0. The predicted octanol–water partition coefficient (Wildman–Crippen LogP) is 2.69. The first kappa shape index (κ1) is 24.3. The second kappa shape index (κ2) is 11.0. The maximum atomic E-state index is 11.6. The third kappa shape index (κ3) is 5.94. The van der Waals surface area contributed by atoms with E-state index in [0.717, 1.165) is 43.9 Å². The van der Waals surface area contributed by atoms with Crippen LogP contribution in [-0.2, 0) is 17.9 Å². The molecule has 0 saturated carbocycles. The molecule has 9 heteroatoms. The Morgan fingerprint density at radius 1 is 0.879 bits per heavy atom. The van der Waals surface area contributed by atoms with E-state index >= 15 is 0 Å². The Kier molecular flexibility index (Phi) is 8.13. The fourth-order valence-corrected chi connectivity index (χ4v) is 4.03. The normalized spacial score (nSPS) is 14.5. The Morgan fingerprint density at radius 3 is 1.97 bits per heavy atom. The number of carboxylic acid groups (broad SMARTS) is 1. The van der Waals surface area contributed by atoms with Crippen molar-refractivity contribution in [3.8, 4) is 17.2 Å². The smallest absolute Gasteiger partial charge is 0.335 e. The minimum absolute atomic E-state index is 0.149. The van der Waals surface area contributed by atoms with Crippen LogP contribution in [0.25, 0.3) is 0 Å². The van der Waals surface area contributed by atoms with Crippen molar-refractivity contribution in [1.29, 1.82) is 0 Å². The third-order valence-electron chi connectivity index (χ3n) is 5.71. The number of carboxylic acids is 1. The van der Waals surface area contributed by atoms with Crippen molar-refractivity contribution in [2.45, 2.75) is 20.0 Å². The maximum absolute atomic E-state index is 11.6. The molecule has 0 aromatic heterocycles. The number of amides is 1. The number of rotatable bonds is 9. The molecule has 3 rings (SSSR count). The van der Waals surface area contributed by atoms with Gasteiger partial charge in [-0.1, -0.05) is 12.1 Å². The molecule has 9 nitrogen and oxygen atoms in total.